The van der Waals surface area contributed by atoms with Gasteiger partial charge in [0.15, 0.2) is 0 Å². The topological polar surface area (TPSA) is 61.0 Å². The van der Waals surface area contributed by atoms with Crippen molar-refractivity contribution >= 4 is 22.5 Å². The first-order chi connectivity index (χ1) is 12.7. The number of amides is 1. The SMILES string of the molecule is O=C1N(c2ccc3[nH]nc(-c4ccc(F)cc4)c3c2)CC[C@]12CCNC2. The van der Waals surface area contributed by atoms with Crippen molar-refractivity contribution in [3.8, 4) is 11.3 Å². The molecule has 5 rings (SSSR count). The first-order valence-corrected chi connectivity index (χ1v) is 8.93. The van der Waals surface area contributed by atoms with E-state index in [9.17, 15) is 9.18 Å². The molecule has 26 heavy (non-hydrogen) atoms. The van der Waals surface area contributed by atoms with Crippen molar-refractivity contribution < 1.29 is 9.18 Å². The fourth-order valence-electron chi connectivity index (χ4n) is 4.20. The minimum Gasteiger partial charge on any atom is -0.316 e. The monoisotopic (exact) mass is 350 g/mol. The number of halogens is 1. The summed E-state index contributed by atoms with van der Waals surface area (Å²) < 4.78 is 13.2. The number of fused-ring (bicyclic) bond motifs is 1. The standard InChI is InChI=1S/C20H19FN4O/c21-14-3-1-13(2-4-14)18-16-11-15(5-6-17(16)23-24-18)25-10-8-20(19(25)26)7-9-22-12-20/h1-6,11,22H,7-10,12H2,(H,23,24)/t20-/m0/s1. The van der Waals surface area contributed by atoms with Crippen LogP contribution in [0.25, 0.3) is 22.2 Å². The highest BCUT2D eigenvalue weighted by molar-refractivity contribution is 6.03. The molecule has 6 heteroatoms. The lowest BCUT2D eigenvalue weighted by molar-refractivity contribution is -0.124. The molecule has 0 unspecified atom stereocenters. The van der Waals surface area contributed by atoms with Gasteiger partial charge in [-0.05, 0) is 61.9 Å². The smallest absolute Gasteiger partial charge is 0.234 e. The molecule has 1 amide bonds. The molecule has 0 saturated carbocycles. The van der Waals surface area contributed by atoms with Gasteiger partial charge in [0.05, 0.1) is 16.6 Å². The normalized spacial score (nSPS) is 22.8. The highest BCUT2D eigenvalue weighted by Gasteiger charge is 2.48. The molecule has 1 aromatic heterocycles. The Kier molecular flexibility index (Phi) is 3.37. The van der Waals surface area contributed by atoms with Crippen molar-refractivity contribution in [2.75, 3.05) is 24.5 Å². The molecule has 132 valence electrons. The Hall–Kier alpha value is -2.73. The summed E-state index contributed by atoms with van der Waals surface area (Å²) in [6.07, 6.45) is 1.81. The van der Waals surface area contributed by atoms with Crippen molar-refractivity contribution in [3.05, 3.63) is 48.3 Å². The van der Waals surface area contributed by atoms with Crippen LogP contribution in [0.1, 0.15) is 12.8 Å². The first-order valence-electron chi connectivity index (χ1n) is 8.93. The molecular formula is C20H19FN4O. The second-order valence-electron chi connectivity index (χ2n) is 7.22. The van der Waals surface area contributed by atoms with Crippen LogP contribution in [0.4, 0.5) is 10.1 Å². The summed E-state index contributed by atoms with van der Waals surface area (Å²) in [6.45, 7) is 2.43. The van der Waals surface area contributed by atoms with Gasteiger partial charge < -0.3 is 10.2 Å². The largest absolute Gasteiger partial charge is 0.316 e. The van der Waals surface area contributed by atoms with E-state index in [1.807, 2.05) is 23.1 Å². The number of carbonyl (C=O) groups excluding carboxylic acids is 1. The van der Waals surface area contributed by atoms with Gasteiger partial charge in [-0.2, -0.15) is 5.10 Å². The minimum absolute atomic E-state index is 0.216. The van der Waals surface area contributed by atoms with Gasteiger partial charge in [-0.25, -0.2) is 4.39 Å². The highest BCUT2D eigenvalue weighted by atomic mass is 19.1. The Labute approximate surface area is 150 Å². The zero-order valence-electron chi connectivity index (χ0n) is 14.3. The zero-order chi connectivity index (χ0) is 17.7. The molecule has 0 aliphatic carbocycles. The third-order valence-electron chi connectivity index (χ3n) is 5.73. The number of anilines is 1. The Morgan fingerprint density at radius 1 is 1.12 bits per heavy atom. The van der Waals surface area contributed by atoms with Gasteiger partial charge in [0.2, 0.25) is 5.91 Å². The summed E-state index contributed by atoms with van der Waals surface area (Å²) in [5.74, 6) is -0.0545. The number of aromatic amines is 1. The number of benzene rings is 2. The van der Waals surface area contributed by atoms with Gasteiger partial charge in [0, 0.05) is 29.7 Å². The Morgan fingerprint density at radius 2 is 1.96 bits per heavy atom. The number of carbonyl (C=O) groups is 1. The predicted molar refractivity (Wildman–Crippen MR) is 98.4 cm³/mol. The lowest BCUT2D eigenvalue weighted by Gasteiger charge is -2.22. The van der Waals surface area contributed by atoms with Gasteiger partial charge in [-0.15, -0.1) is 0 Å². The number of hydrogen-bond acceptors (Lipinski definition) is 3. The Balaban J connectivity index is 1.55. The van der Waals surface area contributed by atoms with Crippen LogP contribution in [0, 0.1) is 11.2 Å². The lowest BCUT2D eigenvalue weighted by Crippen LogP contribution is -2.36. The second-order valence-corrected chi connectivity index (χ2v) is 7.22. The highest BCUT2D eigenvalue weighted by Crippen LogP contribution is 2.40. The van der Waals surface area contributed by atoms with E-state index < -0.39 is 0 Å². The van der Waals surface area contributed by atoms with Crippen molar-refractivity contribution in [1.82, 2.24) is 15.5 Å². The molecule has 0 radical (unpaired) electrons. The van der Waals surface area contributed by atoms with Gasteiger partial charge in [0.1, 0.15) is 5.82 Å². The molecule has 5 nitrogen and oxygen atoms in total. The zero-order valence-corrected chi connectivity index (χ0v) is 14.3. The minimum atomic E-state index is -0.271. The van der Waals surface area contributed by atoms with E-state index in [1.54, 1.807) is 12.1 Å². The molecule has 1 spiro atoms. The van der Waals surface area contributed by atoms with Crippen LogP contribution in [0.15, 0.2) is 42.5 Å². The maximum atomic E-state index is 13.2. The van der Waals surface area contributed by atoms with Crippen LogP contribution in [0.5, 0.6) is 0 Å². The molecule has 3 heterocycles. The summed E-state index contributed by atoms with van der Waals surface area (Å²) in [5, 5.41) is 11.7. The molecule has 2 aliphatic heterocycles. The van der Waals surface area contributed by atoms with E-state index in [4.69, 9.17) is 0 Å². The van der Waals surface area contributed by atoms with E-state index >= 15 is 0 Å². The van der Waals surface area contributed by atoms with Crippen molar-refractivity contribution in [3.63, 3.8) is 0 Å². The molecule has 3 aromatic rings. The summed E-state index contributed by atoms with van der Waals surface area (Å²) in [4.78, 5) is 14.9. The maximum Gasteiger partial charge on any atom is 0.234 e. The van der Waals surface area contributed by atoms with E-state index in [0.717, 1.165) is 60.3 Å². The average molecular weight is 350 g/mol. The van der Waals surface area contributed by atoms with Crippen LogP contribution in [0.2, 0.25) is 0 Å². The Bertz CT molecular complexity index is 989. The molecule has 1 atom stereocenters. The number of aromatic nitrogens is 2. The van der Waals surface area contributed by atoms with Gasteiger partial charge in [-0.1, -0.05) is 0 Å². The first kappa shape index (κ1) is 15.5. The van der Waals surface area contributed by atoms with Crippen molar-refractivity contribution in [2.24, 2.45) is 5.41 Å². The van der Waals surface area contributed by atoms with E-state index in [2.05, 4.69) is 15.5 Å². The summed E-state index contributed by atoms with van der Waals surface area (Å²) in [5.41, 5.74) is 3.18. The van der Waals surface area contributed by atoms with E-state index in [-0.39, 0.29) is 17.1 Å². The number of nitrogens with one attached hydrogen (secondary N) is 2. The van der Waals surface area contributed by atoms with Crippen LogP contribution >= 0.6 is 0 Å². The van der Waals surface area contributed by atoms with Crippen LogP contribution < -0.4 is 10.2 Å². The Morgan fingerprint density at radius 3 is 2.73 bits per heavy atom. The fourth-order valence-corrected chi connectivity index (χ4v) is 4.20. The quantitative estimate of drug-likeness (QED) is 0.747. The summed E-state index contributed by atoms with van der Waals surface area (Å²) in [6, 6.07) is 12.2. The third kappa shape index (κ3) is 2.25. The van der Waals surface area contributed by atoms with Crippen LogP contribution in [0.3, 0.4) is 0 Å². The predicted octanol–water partition coefficient (Wildman–Crippen LogP) is 3.09. The molecule has 2 N–H and O–H groups in total. The number of rotatable bonds is 2. The lowest BCUT2D eigenvalue weighted by atomic mass is 9.86. The molecule has 0 bridgehead atoms. The average Bonchev–Trinajstić information content (AvgIpc) is 3.37. The van der Waals surface area contributed by atoms with E-state index in [0.29, 0.717) is 0 Å². The number of hydrogen-bond donors (Lipinski definition) is 2. The number of nitrogens with zero attached hydrogens (tertiary/aromatic N) is 2. The van der Waals surface area contributed by atoms with Crippen LogP contribution in [-0.2, 0) is 4.79 Å². The molecule has 2 fully saturated rings. The molecular weight excluding hydrogens is 331 g/mol. The molecule has 2 aliphatic rings. The third-order valence-corrected chi connectivity index (χ3v) is 5.73. The van der Waals surface area contributed by atoms with Crippen molar-refractivity contribution in [2.45, 2.75) is 12.8 Å². The number of H-pyrrole nitrogens is 1. The summed E-state index contributed by atoms with van der Waals surface area (Å²) in [7, 11) is 0. The second kappa shape index (κ2) is 5.64. The van der Waals surface area contributed by atoms with Gasteiger partial charge in [-0.3, -0.25) is 9.89 Å². The summed E-state index contributed by atoms with van der Waals surface area (Å²) >= 11 is 0. The molecule has 2 aromatic carbocycles. The van der Waals surface area contributed by atoms with Crippen molar-refractivity contribution in [1.29, 1.82) is 0 Å². The van der Waals surface area contributed by atoms with Gasteiger partial charge in [0.25, 0.3) is 0 Å². The van der Waals surface area contributed by atoms with Gasteiger partial charge >= 0.3 is 0 Å². The fraction of sp³-hybridized carbons (Fsp3) is 0.300. The van der Waals surface area contributed by atoms with E-state index in [1.165, 1.54) is 12.1 Å². The maximum absolute atomic E-state index is 13.2. The van der Waals surface area contributed by atoms with Crippen LogP contribution in [-0.4, -0.2) is 35.7 Å². The molecule has 2 saturated heterocycles.